The van der Waals surface area contributed by atoms with Crippen molar-refractivity contribution in [2.45, 2.75) is 319 Å². The van der Waals surface area contributed by atoms with Crippen molar-refractivity contribution < 1.29 is 40.1 Å². The number of hydrogen-bond acceptors (Lipinski definition) is 10. The second kappa shape index (κ2) is 38.6. The van der Waals surface area contributed by atoms with Crippen molar-refractivity contribution in [1.29, 1.82) is 0 Å². The smallest absolute Gasteiger partial charge is 0.186 e. The standard InChI is InChI=1S/C53H108N2O8Si/c1-5-6-7-8-9-10-11-24-27-30-33-36-39-47(57)49(58)45(43-62-53-52(61)51(60)50(59)48(42-56)63-53)46-41-44(54-55-46)38-35-32-29-26-23-21-19-17-15-13-12-14-16-18-20-22-25-28-31-34-37-40-64(2,3)4/h44-61H,5-43H2,1-4H3/t44?,45-,46?,47-,48?,49+,50?,51?,52?,53?/m1/s1. The maximum atomic E-state index is 11.5. The van der Waals surface area contributed by atoms with Crippen LogP contribution in [0.3, 0.4) is 0 Å². The number of nitrogens with one attached hydrogen (secondary N) is 2. The van der Waals surface area contributed by atoms with E-state index in [2.05, 4.69) is 37.4 Å². The van der Waals surface area contributed by atoms with Crippen LogP contribution in [-0.2, 0) is 9.47 Å². The molecule has 2 aliphatic heterocycles. The summed E-state index contributed by atoms with van der Waals surface area (Å²) < 4.78 is 11.6. The van der Waals surface area contributed by atoms with Gasteiger partial charge in [0.15, 0.2) is 6.29 Å². The lowest BCUT2D eigenvalue weighted by molar-refractivity contribution is -0.305. The Balaban J connectivity index is 1.57. The SMILES string of the molecule is CCCCCCCCCCCCCC[C@@H](O)[C@@H](O)[C@H](COC1OC(CO)C(O)C(O)C1O)C1CC(CCCCCCCCCCCCCCCCCCCCCCC[Si](C)(C)C)NN1. The molecular formula is C53H108N2O8Si. The third kappa shape index (κ3) is 29.0. The zero-order valence-electron chi connectivity index (χ0n) is 42.4. The normalized spacial score (nSPS) is 24.4. The Morgan fingerprint density at radius 1 is 0.547 bits per heavy atom. The molecule has 0 aromatic rings. The average molecular weight is 930 g/mol. The van der Waals surface area contributed by atoms with Crippen LogP contribution in [0.2, 0.25) is 25.7 Å². The van der Waals surface area contributed by atoms with Gasteiger partial charge in [0.1, 0.15) is 24.4 Å². The summed E-state index contributed by atoms with van der Waals surface area (Å²) in [5.41, 5.74) is 6.81. The molecule has 0 bridgehead atoms. The van der Waals surface area contributed by atoms with Crippen LogP contribution in [0.1, 0.15) is 238 Å². The van der Waals surface area contributed by atoms with E-state index in [1.165, 1.54) is 192 Å². The number of unbranched alkanes of at least 4 members (excludes halogenated alkanes) is 31. The fourth-order valence-corrected chi connectivity index (χ4v) is 11.4. The van der Waals surface area contributed by atoms with Crippen molar-refractivity contribution in [3.63, 3.8) is 0 Å². The minimum Gasteiger partial charge on any atom is -0.394 e. The molecule has 0 amide bonds. The highest BCUT2D eigenvalue weighted by Gasteiger charge is 2.45. The molecule has 7 unspecified atom stereocenters. The Bertz CT molecular complexity index is 1040. The molecular weight excluding hydrogens is 821 g/mol. The highest BCUT2D eigenvalue weighted by molar-refractivity contribution is 6.76. The van der Waals surface area contributed by atoms with E-state index in [9.17, 15) is 30.6 Å². The number of ether oxygens (including phenoxy) is 2. The molecule has 0 aromatic carbocycles. The molecule has 2 fully saturated rings. The van der Waals surface area contributed by atoms with Gasteiger partial charge in [-0.05, 0) is 19.3 Å². The maximum Gasteiger partial charge on any atom is 0.186 e. The summed E-state index contributed by atoms with van der Waals surface area (Å²) in [6.07, 6.45) is 37.3. The van der Waals surface area contributed by atoms with Crippen molar-refractivity contribution >= 4 is 8.07 Å². The molecule has 11 heteroatoms. The summed E-state index contributed by atoms with van der Waals surface area (Å²) in [6.45, 7) is 9.16. The number of rotatable bonds is 44. The van der Waals surface area contributed by atoms with Crippen LogP contribution in [0.4, 0.5) is 0 Å². The van der Waals surface area contributed by atoms with Gasteiger partial charge in [-0.3, -0.25) is 10.9 Å². The van der Waals surface area contributed by atoms with Gasteiger partial charge >= 0.3 is 0 Å². The summed E-state index contributed by atoms with van der Waals surface area (Å²) in [5.74, 6) is -0.513. The molecule has 0 aliphatic carbocycles. The van der Waals surface area contributed by atoms with E-state index in [4.69, 9.17) is 9.47 Å². The largest absolute Gasteiger partial charge is 0.394 e. The molecule has 382 valence electrons. The van der Waals surface area contributed by atoms with Crippen molar-refractivity contribution in [1.82, 2.24) is 10.9 Å². The van der Waals surface area contributed by atoms with E-state index in [1.807, 2.05) is 0 Å². The van der Waals surface area contributed by atoms with Crippen LogP contribution in [0.15, 0.2) is 0 Å². The van der Waals surface area contributed by atoms with Gasteiger partial charge in [0, 0.05) is 26.1 Å². The summed E-state index contributed by atoms with van der Waals surface area (Å²) in [5, 5.41) is 63.5. The van der Waals surface area contributed by atoms with Crippen LogP contribution >= 0.6 is 0 Å². The molecule has 0 radical (unpaired) electrons. The van der Waals surface area contributed by atoms with E-state index in [0.29, 0.717) is 6.42 Å². The second-order valence-corrected chi connectivity index (χ2v) is 27.4. The van der Waals surface area contributed by atoms with E-state index in [0.717, 1.165) is 38.5 Å². The van der Waals surface area contributed by atoms with Gasteiger partial charge in [-0.1, -0.05) is 244 Å². The van der Waals surface area contributed by atoms with Gasteiger partial charge in [0.2, 0.25) is 0 Å². The number of aliphatic hydroxyl groups excluding tert-OH is 6. The third-order valence-corrected chi connectivity index (χ3v) is 16.3. The zero-order chi connectivity index (χ0) is 46.7. The predicted octanol–water partition coefficient (Wildman–Crippen LogP) is 11.4. The zero-order valence-corrected chi connectivity index (χ0v) is 43.4. The average Bonchev–Trinajstić information content (AvgIpc) is 3.74. The lowest BCUT2D eigenvalue weighted by Gasteiger charge is -2.40. The number of hydrogen-bond donors (Lipinski definition) is 8. The van der Waals surface area contributed by atoms with Crippen molar-refractivity contribution in [3.8, 4) is 0 Å². The molecule has 0 saturated carbocycles. The van der Waals surface area contributed by atoms with E-state index < -0.39 is 63.5 Å². The molecule has 2 saturated heterocycles. The van der Waals surface area contributed by atoms with E-state index in [-0.39, 0.29) is 18.7 Å². The van der Waals surface area contributed by atoms with E-state index >= 15 is 0 Å². The van der Waals surface area contributed by atoms with Gasteiger partial charge in [0.05, 0.1) is 25.4 Å². The predicted molar refractivity (Wildman–Crippen MR) is 269 cm³/mol. The fourth-order valence-electron chi connectivity index (χ4n) is 10.0. The monoisotopic (exact) mass is 929 g/mol. The summed E-state index contributed by atoms with van der Waals surface area (Å²) in [7, 11) is -0.831. The molecule has 0 spiro atoms. The topological polar surface area (TPSA) is 164 Å². The van der Waals surface area contributed by atoms with Gasteiger partial charge in [-0.25, -0.2) is 0 Å². The van der Waals surface area contributed by atoms with Gasteiger partial charge in [-0.2, -0.15) is 0 Å². The molecule has 0 aromatic heterocycles. The summed E-state index contributed by atoms with van der Waals surface area (Å²) in [4.78, 5) is 0. The fraction of sp³-hybridized carbons (Fsp3) is 1.00. The third-order valence-electron chi connectivity index (χ3n) is 14.5. The quantitative estimate of drug-likeness (QED) is 0.0218. The Labute approximate surface area is 395 Å². The first-order valence-electron chi connectivity index (χ1n) is 27.8. The molecule has 64 heavy (non-hydrogen) atoms. The Morgan fingerprint density at radius 2 is 0.969 bits per heavy atom. The second-order valence-electron chi connectivity index (χ2n) is 21.8. The molecule has 10 atom stereocenters. The van der Waals surface area contributed by atoms with Gasteiger partial charge in [0.25, 0.3) is 0 Å². The van der Waals surface area contributed by atoms with Crippen LogP contribution in [0.5, 0.6) is 0 Å². The van der Waals surface area contributed by atoms with Crippen molar-refractivity contribution in [2.24, 2.45) is 5.92 Å². The Morgan fingerprint density at radius 3 is 1.41 bits per heavy atom. The van der Waals surface area contributed by atoms with E-state index in [1.54, 1.807) is 0 Å². The Hall–Kier alpha value is -0.183. The Kier molecular flexibility index (Phi) is 36.2. The summed E-state index contributed by atoms with van der Waals surface area (Å²) >= 11 is 0. The first-order valence-corrected chi connectivity index (χ1v) is 31.5. The minimum absolute atomic E-state index is 0.0370. The molecule has 10 nitrogen and oxygen atoms in total. The van der Waals surface area contributed by atoms with Crippen molar-refractivity contribution in [3.05, 3.63) is 0 Å². The summed E-state index contributed by atoms with van der Waals surface area (Å²) in [6, 6.07) is 1.56. The first kappa shape index (κ1) is 59.9. The van der Waals surface area contributed by atoms with Crippen LogP contribution < -0.4 is 10.9 Å². The molecule has 8 N–H and O–H groups in total. The van der Waals surface area contributed by atoms with Crippen LogP contribution in [0, 0.1) is 5.92 Å². The molecule has 2 aliphatic rings. The highest BCUT2D eigenvalue weighted by Crippen LogP contribution is 2.28. The van der Waals surface area contributed by atoms with Crippen molar-refractivity contribution in [2.75, 3.05) is 13.2 Å². The van der Waals surface area contributed by atoms with Crippen LogP contribution in [0.25, 0.3) is 0 Å². The first-order chi connectivity index (χ1) is 31.0. The number of hydrazine groups is 1. The van der Waals surface area contributed by atoms with Gasteiger partial charge in [-0.15, -0.1) is 0 Å². The van der Waals surface area contributed by atoms with Crippen LogP contribution in [-0.4, -0.2) is 107 Å². The number of aliphatic hydroxyl groups is 6. The maximum absolute atomic E-state index is 11.5. The molecule has 2 heterocycles. The minimum atomic E-state index is -1.54. The van der Waals surface area contributed by atoms with Gasteiger partial charge < -0.3 is 40.1 Å². The highest BCUT2D eigenvalue weighted by atomic mass is 28.3. The molecule has 2 rings (SSSR count). The lowest BCUT2D eigenvalue weighted by atomic mass is 9.86. The lowest BCUT2D eigenvalue weighted by Crippen LogP contribution is -2.59.